The topological polar surface area (TPSA) is 200 Å². The molecule has 2 bridgehead atoms. The van der Waals surface area contributed by atoms with Gasteiger partial charge in [-0.25, -0.2) is 9.59 Å². The third-order valence-corrected chi connectivity index (χ3v) is 22.5. The molecule has 0 aromatic heterocycles. The van der Waals surface area contributed by atoms with E-state index in [4.69, 9.17) is 37.6 Å². The molecule has 9 rings (SSSR count). The highest BCUT2D eigenvalue weighted by Gasteiger charge is 2.79. The van der Waals surface area contributed by atoms with E-state index in [2.05, 4.69) is 20.8 Å². The zero-order chi connectivity index (χ0) is 56.1. The first-order valence-electron chi connectivity index (χ1n) is 27.0. The minimum atomic E-state index is -2.66. The number of carbonyl (C=O) groups excluding carboxylic acids is 6. The molecule has 4 fully saturated rings. The quantitative estimate of drug-likeness (QED) is 0.0511. The Morgan fingerprint density at radius 2 is 1.35 bits per heavy atom. The van der Waals surface area contributed by atoms with Crippen molar-refractivity contribution in [2.75, 3.05) is 13.7 Å². The van der Waals surface area contributed by atoms with Crippen LogP contribution in [-0.2, 0) is 52.0 Å². The van der Waals surface area contributed by atoms with Gasteiger partial charge < -0.3 is 42.7 Å². The number of fused-ring (bicyclic) bond motifs is 5. The maximum absolute atomic E-state index is 16.6. The van der Waals surface area contributed by atoms with Crippen LogP contribution < -0.4 is 4.74 Å². The molecule has 5 aliphatic rings. The van der Waals surface area contributed by atoms with Crippen molar-refractivity contribution in [3.05, 3.63) is 149 Å². The summed E-state index contributed by atoms with van der Waals surface area (Å²) in [7, 11) is -1.12. The van der Waals surface area contributed by atoms with E-state index in [9.17, 15) is 24.3 Å². The van der Waals surface area contributed by atoms with E-state index >= 15 is 9.59 Å². The molecule has 4 aromatic rings. The zero-order valence-corrected chi connectivity index (χ0v) is 47.0. The lowest BCUT2D eigenvalue weighted by molar-refractivity contribution is -0.344. The Labute approximate surface area is 456 Å². The predicted octanol–water partition coefficient (Wildman–Crippen LogP) is 9.22. The standard InChI is InChI=1S/C61H71NO15Si/c1-11-78(12-2,13-3)77-45-33-46-60(35-71-46,76-38(6)64)51-53(75-56(67)42-27-21-16-22-28-42)61(69)34-44(36(4)47(58(61,7)8)49(72-37(5)63)52(65)59(45,51)9)73-57(68)50-48(39-23-17-14-18-24-39)62(54(66)40-25-19-15-20-26-40)55(74-50)41-29-31-43(70-10)32-30-41/h14-32,44-46,48-51,53,55,69H,11-13,33-35H2,1-10H3/t44-,45-,46+,48-,49+,50+,51-,53-,55-,59+,60-,61+/m0/s1. The Morgan fingerprint density at radius 1 is 0.756 bits per heavy atom. The summed E-state index contributed by atoms with van der Waals surface area (Å²) in [4.78, 5) is 90.8. The van der Waals surface area contributed by atoms with Crippen molar-refractivity contribution < 1.29 is 71.5 Å². The molecule has 0 unspecified atom stereocenters. The van der Waals surface area contributed by atoms with Crippen molar-refractivity contribution in [2.24, 2.45) is 16.7 Å². The van der Waals surface area contributed by atoms with Gasteiger partial charge in [0.2, 0.25) is 0 Å². The maximum atomic E-state index is 16.6. The summed E-state index contributed by atoms with van der Waals surface area (Å²) < 4.78 is 52.1. The summed E-state index contributed by atoms with van der Waals surface area (Å²) >= 11 is 0. The highest BCUT2D eigenvalue weighted by atomic mass is 28.4. The van der Waals surface area contributed by atoms with Crippen LogP contribution in [0.2, 0.25) is 18.1 Å². The van der Waals surface area contributed by atoms with Gasteiger partial charge in [-0.05, 0) is 85.1 Å². The fraction of sp³-hybridized carbons (Fsp3) is 0.475. The summed E-state index contributed by atoms with van der Waals surface area (Å²) in [6.45, 7) is 15.0. The molecule has 4 aromatic carbocycles. The fourth-order valence-corrected chi connectivity index (χ4v) is 16.3. The van der Waals surface area contributed by atoms with Crippen LogP contribution in [0.1, 0.15) is 119 Å². The Balaban J connectivity index is 1.24. The van der Waals surface area contributed by atoms with Gasteiger partial charge in [0.25, 0.3) is 5.91 Å². The van der Waals surface area contributed by atoms with E-state index in [-0.39, 0.29) is 24.2 Å². The van der Waals surface area contributed by atoms with Gasteiger partial charge in [0, 0.05) is 43.2 Å². The summed E-state index contributed by atoms with van der Waals surface area (Å²) in [5.74, 6) is -5.26. The minimum absolute atomic E-state index is 0.0816. The van der Waals surface area contributed by atoms with E-state index in [1.165, 1.54) is 25.9 Å². The Hall–Kier alpha value is -6.50. The Kier molecular flexibility index (Phi) is 15.6. The number of amides is 1. The molecule has 12 atom stereocenters. The first-order valence-corrected chi connectivity index (χ1v) is 29.5. The molecule has 17 heteroatoms. The monoisotopic (exact) mass is 1090 g/mol. The van der Waals surface area contributed by atoms with Crippen molar-refractivity contribution >= 4 is 43.9 Å². The van der Waals surface area contributed by atoms with Crippen LogP contribution >= 0.6 is 0 Å². The maximum Gasteiger partial charge on any atom is 0.338 e. The van der Waals surface area contributed by atoms with Gasteiger partial charge in [-0.15, -0.1) is 0 Å². The molecule has 1 amide bonds. The predicted molar refractivity (Wildman–Crippen MR) is 287 cm³/mol. The number of ketones is 1. The van der Waals surface area contributed by atoms with Crippen molar-refractivity contribution in [3.8, 4) is 5.75 Å². The van der Waals surface area contributed by atoms with Crippen LogP contribution in [0.5, 0.6) is 5.75 Å². The molecular weight excluding hydrogens is 1010 g/mol. The summed E-state index contributed by atoms with van der Waals surface area (Å²) in [5.41, 5.74) is -5.56. The second-order valence-corrected chi connectivity index (χ2v) is 26.9. The summed E-state index contributed by atoms with van der Waals surface area (Å²) in [6, 6.07) is 33.7. The number of Topliss-reactive ketones (excluding diaryl/α,β-unsaturated/α-hetero) is 1. The molecule has 2 saturated heterocycles. The number of methoxy groups -OCH3 is 1. The lowest BCUT2D eigenvalue weighted by atomic mass is 9.44. The average molecular weight is 1090 g/mol. The summed E-state index contributed by atoms with van der Waals surface area (Å²) in [6.07, 6.45) is -9.79. The molecule has 0 radical (unpaired) electrons. The molecule has 78 heavy (non-hydrogen) atoms. The number of hydrogen-bond donors (Lipinski definition) is 1. The van der Waals surface area contributed by atoms with Crippen LogP contribution in [0.3, 0.4) is 0 Å². The van der Waals surface area contributed by atoms with Gasteiger partial charge in [-0.2, -0.15) is 0 Å². The molecule has 2 saturated carbocycles. The number of aliphatic hydroxyl groups is 1. The van der Waals surface area contributed by atoms with Gasteiger partial charge in [0.15, 0.2) is 38.1 Å². The van der Waals surface area contributed by atoms with Gasteiger partial charge in [-0.1, -0.05) is 113 Å². The van der Waals surface area contributed by atoms with Gasteiger partial charge >= 0.3 is 23.9 Å². The first-order chi connectivity index (χ1) is 37.1. The van der Waals surface area contributed by atoms with E-state index in [0.29, 0.717) is 46.1 Å². The summed E-state index contributed by atoms with van der Waals surface area (Å²) in [5, 5.41) is 14.4. The van der Waals surface area contributed by atoms with Crippen molar-refractivity contribution in [2.45, 2.75) is 153 Å². The van der Waals surface area contributed by atoms with Crippen LogP contribution in [0.15, 0.2) is 126 Å². The van der Waals surface area contributed by atoms with Crippen LogP contribution in [0, 0.1) is 16.7 Å². The Morgan fingerprint density at radius 3 is 1.88 bits per heavy atom. The SMILES string of the molecule is CC[Si](CC)(CC)O[C@H]1C[C@H]2OC[C@@]2(OC(C)=O)[C@H]2[C@H](OC(=O)c3ccccc3)[C@]3(O)C[C@H](OC(=O)[C@@H]4O[C@@H](c5ccc(OC)cc5)N(C(=O)c5ccccc5)[C@H]4c4ccccc4)C(C)=C([C@@H](OC(C)=O)C(=O)[C@]12C)C3(C)C. The molecule has 16 nitrogen and oxygen atoms in total. The van der Waals surface area contributed by atoms with E-state index in [0.717, 1.165) is 0 Å². The second-order valence-electron chi connectivity index (χ2n) is 22.1. The number of esters is 4. The van der Waals surface area contributed by atoms with E-state index in [1.54, 1.807) is 137 Å². The smallest absolute Gasteiger partial charge is 0.338 e. The van der Waals surface area contributed by atoms with Gasteiger partial charge in [0.05, 0.1) is 42.8 Å². The van der Waals surface area contributed by atoms with Gasteiger partial charge in [-0.3, -0.25) is 24.1 Å². The molecule has 2 heterocycles. The van der Waals surface area contributed by atoms with Crippen LogP contribution in [-0.4, -0.2) is 115 Å². The lowest BCUT2D eigenvalue weighted by Crippen LogP contribution is -2.82. The number of nitrogens with zero attached hydrogens (tertiary/aromatic N) is 1. The molecule has 0 spiro atoms. The molecule has 3 aliphatic carbocycles. The molecular formula is C61H71NO15Si. The number of hydrogen-bond acceptors (Lipinski definition) is 15. The van der Waals surface area contributed by atoms with Crippen LogP contribution in [0.4, 0.5) is 0 Å². The zero-order valence-electron chi connectivity index (χ0n) is 46.0. The third kappa shape index (κ3) is 9.37. The highest BCUT2D eigenvalue weighted by molar-refractivity contribution is 6.73. The first kappa shape index (κ1) is 56.2. The number of carbonyl (C=O) groups is 6. The van der Waals surface area contributed by atoms with Gasteiger partial charge in [0.1, 0.15) is 29.7 Å². The largest absolute Gasteiger partial charge is 0.497 e. The lowest BCUT2D eigenvalue weighted by Gasteiger charge is -2.68. The van der Waals surface area contributed by atoms with E-state index < -0.39 is 127 Å². The second kappa shape index (κ2) is 21.6. The average Bonchev–Trinajstić information content (AvgIpc) is 4.00. The molecule has 2 aliphatic heterocycles. The van der Waals surface area contributed by atoms with Crippen molar-refractivity contribution in [1.82, 2.24) is 4.90 Å². The number of benzene rings is 4. The molecule has 1 N–H and O–H groups in total. The number of ether oxygens (including phenoxy) is 7. The Bertz CT molecular complexity index is 2940. The van der Waals surface area contributed by atoms with Crippen molar-refractivity contribution in [1.29, 1.82) is 0 Å². The molecule has 414 valence electrons. The van der Waals surface area contributed by atoms with E-state index in [1.807, 2.05) is 6.07 Å². The van der Waals surface area contributed by atoms with Crippen LogP contribution in [0.25, 0.3) is 0 Å². The minimum Gasteiger partial charge on any atom is -0.497 e. The fourth-order valence-electron chi connectivity index (χ4n) is 13.4. The highest BCUT2D eigenvalue weighted by Crippen LogP contribution is 2.65. The normalized spacial score (nSPS) is 31.0. The number of rotatable bonds is 15. The third-order valence-electron chi connectivity index (χ3n) is 17.9. The van der Waals surface area contributed by atoms with Crippen molar-refractivity contribution in [3.63, 3.8) is 0 Å².